The van der Waals surface area contributed by atoms with Gasteiger partial charge in [0.25, 0.3) is 0 Å². The Hall–Kier alpha value is -1.93. The van der Waals surface area contributed by atoms with Crippen molar-refractivity contribution < 1.29 is 48.4 Å². The van der Waals surface area contributed by atoms with Crippen LogP contribution in [0.5, 0.6) is 5.75 Å². The Bertz CT molecular complexity index is 851. The molecule has 1 fully saturated rings. The van der Waals surface area contributed by atoms with Crippen molar-refractivity contribution in [2.24, 2.45) is 0 Å². The van der Waals surface area contributed by atoms with Gasteiger partial charge in [-0.15, -0.1) is 0 Å². The van der Waals surface area contributed by atoms with Crippen molar-refractivity contribution in [1.82, 2.24) is 12.3 Å². The van der Waals surface area contributed by atoms with Gasteiger partial charge in [0.2, 0.25) is 6.29 Å². The third kappa shape index (κ3) is 7.59. The van der Waals surface area contributed by atoms with E-state index in [0.29, 0.717) is 5.75 Å². The lowest BCUT2D eigenvalue weighted by atomic mass is 9.99. The number of hydrogen-bond acceptors (Lipinski definition) is 10. The van der Waals surface area contributed by atoms with Gasteiger partial charge in [0, 0.05) is 0 Å². The van der Waals surface area contributed by atoms with Crippen molar-refractivity contribution in [3.8, 4) is 16.9 Å². The zero-order chi connectivity index (χ0) is 21.7. The van der Waals surface area contributed by atoms with Crippen LogP contribution in [0.4, 0.5) is 0 Å². The Balaban J connectivity index is 0.00000256. The fourth-order valence-corrected chi connectivity index (χ4v) is 3.11. The minimum atomic E-state index is -5.20. The summed E-state index contributed by atoms with van der Waals surface area (Å²) in [6, 6.07) is 16.6. The standard InChI is InChI=1S/C19H23O10P.2H3N/c20-16-15(10-26-11-27-30(23,24)25)29-19(18(22)17(16)21)28-14-8-6-13(7-9-14)12-4-2-1-3-5-12;;/h1-9,15-22H,10-11H2,(H2,23,24,25);2*1H3/t15-,16-,17+,18+,19+;;/m1../s1. The van der Waals surface area contributed by atoms with Crippen molar-refractivity contribution in [3.63, 3.8) is 0 Å². The first-order valence-corrected chi connectivity index (χ1v) is 10.5. The number of quaternary nitrogens is 2. The summed E-state index contributed by atoms with van der Waals surface area (Å²) in [4.78, 5) is 20.8. The van der Waals surface area contributed by atoms with Crippen LogP contribution >= 0.6 is 7.82 Å². The summed E-state index contributed by atoms with van der Waals surface area (Å²) in [6.07, 6.45) is -7.19. The minimum absolute atomic E-state index is 0. The number of hydrogen-bond donors (Lipinski definition) is 5. The Kier molecular flexibility index (Phi) is 10.8. The summed E-state index contributed by atoms with van der Waals surface area (Å²) in [7, 11) is -5.20. The van der Waals surface area contributed by atoms with Crippen molar-refractivity contribution in [2.75, 3.05) is 13.4 Å². The SMILES string of the molecule is O=P([O-])([O-])OCOC[C@H]1O[C@H](Oc2ccc(-c3ccccc3)cc2)[C@@H](O)[C@@H](O)[C@@H]1O.[NH4+].[NH4+]. The molecule has 0 saturated carbocycles. The van der Waals surface area contributed by atoms with Gasteiger partial charge in [0.05, 0.1) is 14.4 Å². The van der Waals surface area contributed by atoms with Crippen molar-refractivity contribution in [3.05, 3.63) is 54.6 Å². The molecule has 180 valence electrons. The number of aliphatic hydroxyl groups is 3. The normalized spacial score (nSPS) is 25.3. The number of benzene rings is 2. The van der Waals surface area contributed by atoms with E-state index in [1.54, 1.807) is 12.1 Å². The molecule has 1 aliphatic heterocycles. The average Bonchev–Trinajstić information content (AvgIpc) is 2.73. The second-order valence-corrected chi connectivity index (χ2v) is 7.74. The molecule has 32 heavy (non-hydrogen) atoms. The molecule has 1 saturated heterocycles. The lowest BCUT2D eigenvalue weighted by molar-refractivity contribution is -0.347. The number of aliphatic hydroxyl groups excluding tert-OH is 3. The van der Waals surface area contributed by atoms with Crippen LogP contribution in [0.15, 0.2) is 54.6 Å². The molecule has 12 nitrogen and oxygen atoms in total. The smallest absolute Gasteiger partial charge is 0.229 e. The molecule has 0 radical (unpaired) electrons. The molecule has 3 rings (SSSR count). The number of phosphoric acid groups is 1. The quantitative estimate of drug-likeness (QED) is 0.196. The van der Waals surface area contributed by atoms with Crippen molar-refractivity contribution in [2.45, 2.75) is 30.7 Å². The number of ether oxygens (including phenoxy) is 3. The molecular weight excluding hydrogens is 447 g/mol. The highest BCUT2D eigenvalue weighted by Gasteiger charge is 2.45. The summed E-state index contributed by atoms with van der Waals surface area (Å²) >= 11 is 0. The van der Waals surface area contributed by atoms with E-state index in [2.05, 4.69) is 4.52 Å². The zero-order valence-electron chi connectivity index (χ0n) is 17.6. The van der Waals surface area contributed by atoms with Crippen LogP contribution in [0.3, 0.4) is 0 Å². The molecule has 11 N–H and O–H groups in total. The van der Waals surface area contributed by atoms with Crippen LogP contribution in [0.1, 0.15) is 0 Å². The average molecular weight is 476 g/mol. The first-order valence-electron chi connectivity index (χ1n) is 9.01. The molecule has 1 heterocycles. The number of rotatable bonds is 8. The van der Waals surface area contributed by atoms with Crippen LogP contribution in [-0.4, -0.2) is 59.4 Å². The van der Waals surface area contributed by atoms with E-state index in [0.717, 1.165) is 11.1 Å². The van der Waals surface area contributed by atoms with Crippen molar-refractivity contribution >= 4 is 7.82 Å². The maximum absolute atomic E-state index is 10.4. The van der Waals surface area contributed by atoms with Gasteiger partial charge < -0.3 is 60.7 Å². The topological polar surface area (TPSA) is 234 Å². The van der Waals surface area contributed by atoms with Crippen LogP contribution in [0.25, 0.3) is 11.1 Å². The zero-order valence-corrected chi connectivity index (χ0v) is 18.5. The van der Waals surface area contributed by atoms with E-state index < -0.39 is 51.9 Å². The number of phosphoric ester groups is 1. The molecule has 0 bridgehead atoms. The van der Waals surface area contributed by atoms with Crippen LogP contribution in [0, 0.1) is 0 Å². The van der Waals surface area contributed by atoms with Gasteiger partial charge in [0.15, 0.2) is 6.79 Å². The summed E-state index contributed by atoms with van der Waals surface area (Å²) in [5.74, 6) is 0.351. The molecular formula is C19H29N2O10P. The molecule has 0 amide bonds. The molecule has 0 spiro atoms. The maximum atomic E-state index is 10.4. The van der Waals surface area contributed by atoms with E-state index in [1.807, 2.05) is 42.5 Å². The summed E-state index contributed by atoms with van der Waals surface area (Å²) in [5.41, 5.74) is 1.96. The van der Waals surface area contributed by atoms with Crippen molar-refractivity contribution in [1.29, 1.82) is 0 Å². The highest BCUT2D eigenvalue weighted by Crippen LogP contribution is 2.28. The molecule has 0 unspecified atom stereocenters. The monoisotopic (exact) mass is 476 g/mol. The Morgan fingerprint density at radius 1 is 0.875 bits per heavy atom. The van der Waals surface area contributed by atoms with E-state index in [-0.39, 0.29) is 12.3 Å². The predicted octanol–water partition coefficient (Wildman–Crippen LogP) is 0.112. The molecule has 5 atom stereocenters. The second kappa shape index (κ2) is 12.3. The molecule has 2 aromatic rings. The Morgan fingerprint density at radius 3 is 2.06 bits per heavy atom. The summed E-state index contributed by atoms with van der Waals surface area (Å²) < 4.78 is 30.2. The van der Waals surface area contributed by atoms with Gasteiger partial charge in [-0.2, -0.15) is 0 Å². The van der Waals surface area contributed by atoms with Gasteiger partial charge in [-0.1, -0.05) is 42.5 Å². The van der Waals surface area contributed by atoms with Gasteiger partial charge in [-0.3, -0.25) is 0 Å². The highest BCUT2D eigenvalue weighted by molar-refractivity contribution is 7.43. The Morgan fingerprint density at radius 2 is 1.47 bits per heavy atom. The molecule has 2 aromatic carbocycles. The summed E-state index contributed by atoms with van der Waals surface area (Å²) in [5, 5.41) is 30.2. The van der Waals surface area contributed by atoms with E-state index in [1.165, 1.54) is 0 Å². The highest BCUT2D eigenvalue weighted by atomic mass is 31.2. The Labute approximate surface area is 184 Å². The molecule has 1 aliphatic rings. The first kappa shape index (κ1) is 28.1. The van der Waals surface area contributed by atoms with Gasteiger partial charge in [-0.05, 0) is 23.3 Å². The molecule has 0 aliphatic carbocycles. The van der Waals surface area contributed by atoms with Crippen LogP contribution in [-0.2, 0) is 18.6 Å². The van der Waals surface area contributed by atoms with Crippen LogP contribution < -0.4 is 26.8 Å². The van der Waals surface area contributed by atoms with Gasteiger partial charge >= 0.3 is 0 Å². The fraction of sp³-hybridized carbons (Fsp3) is 0.368. The predicted molar refractivity (Wildman–Crippen MR) is 111 cm³/mol. The third-order valence-corrected chi connectivity index (χ3v) is 4.88. The first-order chi connectivity index (χ1) is 14.2. The summed E-state index contributed by atoms with van der Waals surface area (Å²) in [6.45, 7) is -1.29. The fourth-order valence-electron chi connectivity index (χ4n) is 2.91. The largest absolute Gasteiger partial charge is 0.790 e. The van der Waals surface area contributed by atoms with E-state index in [4.69, 9.17) is 14.2 Å². The minimum Gasteiger partial charge on any atom is -0.790 e. The lowest BCUT2D eigenvalue weighted by Gasteiger charge is -2.40. The van der Waals surface area contributed by atoms with E-state index in [9.17, 15) is 29.7 Å². The third-order valence-electron chi connectivity index (χ3n) is 4.46. The maximum Gasteiger partial charge on any atom is 0.229 e. The van der Waals surface area contributed by atoms with Crippen LogP contribution in [0.2, 0.25) is 0 Å². The molecule has 0 aromatic heterocycles. The lowest BCUT2D eigenvalue weighted by Crippen LogP contribution is -2.60. The van der Waals surface area contributed by atoms with E-state index >= 15 is 0 Å². The molecule has 13 heteroatoms. The van der Waals surface area contributed by atoms with Gasteiger partial charge in [0.1, 0.15) is 30.2 Å². The second-order valence-electron chi connectivity index (χ2n) is 6.59. The van der Waals surface area contributed by atoms with Gasteiger partial charge in [-0.25, -0.2) is 0 Å².